The monoisotopic (exact) mass is 388 g/mol. The molecule has 2 aromatic heterocycles. The molecule has 0 bridgehead atoms. The number of morpholine rings is 1. The van der Waals surface area contributed by atoms with Crippen LogP contribution in [-0.4, -0.2) is 56.5 Å². The number of ether oxygens (including phenoxy) is 1. The Morgan fingerprint density at radius 2 is 2.15 bits per heavy atom. The lowest BCUT2D eigenvalue weighted by atomic mass is 10.2. The molecule has 2 atom stereocenters. The number of aromatic nitrogens is 3. The van der Waals surface area contributed by atoms with Gasteiger partial charge in [-0.3, -0.25) is 0 Å². The van der Waals surface area contributed by atoms with Crippen LogP contribution in [0.15, 0.2) is 28.8 Å². The third-order valence-electron chi connectivity index (χ3n) is 4.82. The van der Waals surface area contributed by atoms with Crippen molar-refractivity contribution < 1.29 is 8.95 Å². The number of pyridine rings is 1. The third kappa shape index (κ3) is 4.03. The summed E-state index contributed by atoms with van der Waals surface area (Å²) >= 11 is 0. The minimum Gasteiger partial charge on any atom is -0.384 e. The van der Waals surface area contributed by atoms with Crippen molar-refractivity contribution in [2.45, 2.75) is 31.1 Å². The van der Waals surface area contributed by atoms with Crippen molar-refractivity contribution >= 4 is 27.2 Å². The zero-order valence-corrected chi connectivity index (χ0v) is 16.4. The molecule has 144 valence electrons. The van der Waals surface area contributed by atoms with Crippen molar-refractivity contribution in [1.29, 1.82) is 0 Å². The van der Waals surface area contributed by atoms with E-state index in [4.69, 9.17) is 15.5 Å². The van der Waals surface area contributed by atoms with Crippen LogP contribution in [0.1, 0.15) is 19.8 Å². The first-order valence-electron chi connectivity index (χ1n) is 9.09. The van der Waals surface area contributed by atoms with E-state index in [1.165, 1.54) is 0 Å². The zero-order chi connectivity index (χ0) is 19.0. The second kappa shape index (κ2) is 7.05. The predicted octanol–water partition coefficient (Wildman–Crippen LogP) is 2.24. The minimum absolute atomic E-state index is 0.165. The Labute approximate surface area is 159 Å². The fraction of sp³-hybridized carbons (Fsp3) is 0.500. The third-order valence-corrected chi connectivity index (χ3v) is 7.08. The summed E-state index contributed by atoms with van der Waals surface area (Å²) in [5.41, 5.74) is 6.58. The van der Waals surface area contributed by atoms with Crippen LogP contribution < -0.4 is 10.6 Å². The second-order valence-corrected chi connectivity index (χ2v) is 9.72. The molecule has 2 fully saturated rings. The molecule has 27 heavy (non-hydrogen) atoms. The summed E-state index contributed by atoms with van der Waals surface area (Å²) in [6.07, 6.45) is 5.27. The number of nitrogens with two attached hydrogens (primary N) is 1. The van der Waals surface area contributed by atoms with Gasteiger partial charge in [0, 0.05) is 35.9 Å². The van der Waals surface area contributed by atoms with Crippen molar-refractivity contribution in [3.8, 4) is 11.4 Å². The summed E-state index contributed by atoms with van der Waals surface area (Å²) < 4.78 is 22.9. The molecule has 1 saturated heterocycles. The first-order valence-corrected chi connectivity index (χ1v) is 11.1. The van der Waals surface area contributed by atoms with Gasteiger partial charge in [0.2, 0.25) is 0 Å². The molecule has 1 saturated carbocycles. The van der Waals surface area contributed by atoms with Crippen LogP contribution in [0.3, 0.4) is 0 Å². The van der Waals surface area contributed by atoms with Gasteiger partial charge in [0.25, 0.3) is 0 Å². The van der Waals surface area contributed by atoms with Gasteiger partial charge >= 0.3 is 0 Å². The normalized spacial score (nSPS) is 22.3. The smallest absolute Gasteiger partial charge is 0.167 e. The molecule has 2 N–H and O–H groups in total. The molecule has 1 aliphatic heterocycles. The van der Waals surface area contributed by atoms with E-state index in [9.17, 15) is 4.21 Å². The van der Waals surface area contributed by atoms with E-state index >= 15 is 0 Å². The van der Waals surface area contributed by atoms with E-state index in [0.717, 1.165) is 30.8 Å². The molecule has 0 spiro atoms. The number of nitrogen functional groups attached to an aromatic ring is 1. The van der Waals surface area contributed by atoms with Crippen LogP contribution in [0.5, 0.6) is 0 Å². The highest BCUT2D eigenvalue weighted by molar-refractivity contribution is 7.93. The maximum absolute atomic E-state index is 12.9. The molecular weight excluding hydrogens is 364 g/mol. The highest BCUT2D eigenvalue weighted by Crippen LogP contribution is 2.33. The van der Waals surface area contributed by atoms with Crippen LogP contribution in [0, 0.1) is 0 Å². The van der Waals surface area contributed by atoms with Crippen LogP contribution in [0.2, 0.25) is 0 Å². The molecule has 1 unspecified atom stereocenters. The Balaban J connectivity index is 1.82. The Bertz CT molecular complexity index is 968. The molecule has 0 amide bonds. The van der Waals surface area contributed by atoms with Crippen molar-refractivity contribution in [2.24, 2.45) is 4.36 Å². The van der Waals surface area contributed by atoms with Crippen molar-refractivity contribution in [3.05, 3.63) is 24.4 Å². The van der Waals surface area contributed by atoms with Crippen LogP contribution in [0.25, 0.3) is 11.4 Å². The number of hydrogen-bond acceptors (Lipinski definition) is 8. The van der Waals surface area contributed by atoms with Gasteiger partial charge in [-0.05, 0) is 31.9 Å². The van der Waals surface area contributed by atoms with Crippen molar-refractivity contribution in [3.63, 3.8) is 0 Å². The van der Waals surface area contributed by atoms with E-state index in [2.05, 4.69) is 26.2 Å². The molecular formula is C18H24N6O2S. The topological polar surface area (TPSA) is 107 Å². The van der Waals surface area contributed by atoms with Crippen molar-refractivity contribution in [1.82, 2.24) is 15.0 Å². The summed E-state index contributed by atoms with van der Waals surface area (Å²) in [5, 5.41) is 0.165. The van der Waals surface area contributed by atoms with Gasteiger partial charge in [-0.25, -0.2) is 19.2 Å². The maximum Gasteiger partial charge on any atom is 0.167 e. The summed E-state index contributed by atoms with van der Waals surface area (Å²) in [7, 11) is -2.30. The van der Waals surface area contributed by atoms with E-state index < -0.39 is 9.73 Å². The largest absolute Gasteiger partial charge is 0.384 e. The Morgan fingerprint density at radius 3 is 2.85 bits per heavy atom. The summed E-state index contributed by atoms with van der Waals surface area (Å²) in [6, 6.07) is 5.55. The Morgan fingerprint density at radius 1 is 1.33 bits per heavy atom. The summed E-state index contributed by atoms with van der Waals surface area (Å²) in [6.45, 7) is 4.11. The van der Waals surface area contributed by atoms with Gasteiger partial charge in [-0.2, -0.15) is 4.36 Å². The molecule has 2 aliphatic rings. The van der Waals surface area contributed by atoms with E-state index in [1.54, 1.807) is 18.5 Å². The van der Waals surface area contributed by atoms with Gasteiger partial charge in [-0.1, -0.05) is 0 Å². The second-order valence-electron chi connectivity index (χ2n) is 7.15. The molecule has 4 rings (SSSR count). The lowest BCUT2D eigenvalue weighted by Gasteiger charge is -2.34. The van der Waals surface area contributed by atoms with Crippen molar-refractivity contribution in [2.75, 3.05) is 36.6 Å². The molecule has 3 heterocycles. The van der Waals surface area contributed by atoms with Crippen LogP contribution in [-0.2, 0) is 14.5 Å². The first-order chi connectivity index (χ1) is 12.9. The fourth-order valence-electron chi connectivity index (χ4n) is 3.17. The lowest BCUT2D eigenvalue weighted by molar-refractivity contribution is 0.0985. The average Bonchev–Trinajstić information content (AvgIpc) is 3.47. The van der Waals surface area contributed by atoms with Crippen LogP contribution >= 0.6 is 0 Å². The summed E-state index contributed by atoms with van der Waals surface area (Å²) in [5.74, 6) is 2.11. The predicted molar refractivity (Wildman–Crippen MR) is 106 cm³/mol. The van der Waals surface area contributed by atoms with Gasteiger partial charge in [0.05, 0.1) is 29.0 Å². The molecule has 9 heteroatoms. The number of anilines is 2. The fourth-order valence-corrected chi connectivity index (χ4v) is 4.79. The molecule has 1 aliphatic carbocycles. The average molecular weight is 388 g/mol. The van der Waals surface area contributed by atoms with Crippen LogP contribution in [0.4, 0.5) is 17.5 Å². The zero-order valence-electron chi connectivity index (χ0n) is 15.5. The Kier molecular flexibility index (Phi) is 4.73. The number of nitrogens with zero attached hydrogens (tertiary/aromatic N) is 5. The molecule has 0 aromatic carbocycles. The van der Waals surface area contributed by atoms with Gasteiger partial charge < -0.3 is 15.4 Å². The standard InChI is InChI=1S/C18H24N6O2S/c1-12-11-26-8-7-24(12)17-10-16(23-27(2,25)14-3-4-14)21-18(22-17)13-5-6-20-15(19)9-13/h5-6,9-10,12,14H,3-4,7-8,11H2,1-2H3,(H2,19,20)/t12-,27?/m1/s1. The highest BCUT2D eigenvalue weighted by Gasteiger charge is 2.31. The first kappa shape index (κ1) is 18.1. The SMILES string of the molecule is C[C@@H]1COCCN1c1cc(N=S(C)(=O)C2CC2)nc(-c2ccnc(N)c2)n1. The van der Waals surface area contributed by atoms with Gasteiger partial charge in [0.15, 0.2) is 11.6 Å². The van der Waals surface area contributed by atoms with E-state index in [1.807, 2.05) is 12.1 Å². The molecule has 8 nitrogen and oxygen atoms in total. The van der Waals surface area contributed by atoms with E-state index in [-0.39, 0.29) is 11.3 Å². The lowest BCUT2D eigenvalue weighted by Crippen LogP contribution is -2.44. The minimum atomic E-state index is -2.30. The maximum atomic E-state index is 12.9. The van der Waals surface area contributed by atoms with Gasteiger partial charge in [0.1, 0.15) is 11.6 Å². The number of rotatable bonds is 4. The van der Waals surface area contributed by atoms with Gasteiger partial charge in [-0.15, -0.1) is 0 Å². The highest BCUT2D eigenvalue weighted by atomic mass is 32.2. The summed E-state index contributed by atoms with van der Waals surface area (Å²) in [4.78, 5) is 15.5. The molecule has 0 radical (unpaired) electrons. The number of hydrogen-bond donors (Lipinski definition) is 1. The Hall–Kier alpha value is -2.26. The molecule has 2 aromatic rings. The van der Waals surface area contributed by atoms with E-state index in [0.29, 0.717) is 30.7 Å². The quantitative estimate of drug-likeness (QED) is 0.856.